The van der Waals surface area contributed by atoms with Crippen molar-refractivity contribution >= 4 is 21.6 Å². The minimum atomic E-state index is -3.84. The van der Waals surface area contributed by atoms with E-state index in [-0.39, 0.29) is 21.7 Å². The summed E-state index contributed by atoms with van der Waals surface area (Å²) in [6.07, 6.45) is 0. The van der Waals surface area contributed by atoms with Crippen LogP contribution in [0.1, 0.15) is 15.9 Å². The minimum absolute atomic E-state index is 0.0566. The smallest absolute Gasteiger partial charge is 0.268 e. The average molecular weight is 242 g/mol. The van der Waals surface area contributed by atoms with Crippen LogP contribution in [0, 0.1) is 17.0 Å². The van der Waals surface area contributed by atoms with Crippen molar-refractivity contribution < 1.29 is 18.1 Å². The number of hydrogen-bond donors (Lipinski definition) is 1. The van der Waals surface area contributed by atoms with E-state index in [1.807, 2.05) is 0 Å². The predicted molar refractivity (Wildman–Crippen MR) is 52.5 cm³/mol. The van der Waals surface area contributed by atoms with Gasteiger partial charge in [0.2, 0.25) is 0 Å². The number of fused-ring (bicyclic) bond motifs is 1. The van der Waals surface area contributed by atoms with Crippen LogP contribution < -0.4 is 4.72 Å². The van der Waals surface area contributed by atoms with E-state index in [9.17, 15) is 23.3 Å². The summed E-state index contributed by atoms with van der Waals surface area (Å²) in [6, 6.07) is 2.14. The lowest BCUT2D eigenvalue weighted by Gasteiger charge is -2.00. The summed E-state index contributed by atoms with van der Waals surface area (Å²) in [7, 11) is -3.84. The molecule has 0 aliphatic carbocycles. The lowest BCUT2D eigenvalue weighted by molar-refractivity contribution is -0.385. The van der Waals surface area contributed by atoms with Crippen molar-refractivity contribution in [2.45, 2.75) is 11.8 Å². The van der Waals surface area contributed by atoms with Crippen molar-refractivity contribution in [3.8, 4) is 0 Å². The highest BCUT2D eigenvalue weighted by atomic mass is 32.2. The van der Waals surface area contributed by atoms with Gasteiger partial charge in [-0.2, -0.15) is 0 Å². The van der Waals surface area contributed by atoms with Gasteiger partial charge in [-0.1, -0.05) is 0 Å². The van der Waals surface area contributed by atoms with Crippen LogP contribution in [0.3, 0.4) is 0 Å². The highest BCUT2D eigenvalue weighted by Crippen LogP contribution is 2.30. The molecule has 0 atom stereocenters. The largest absolute Gasteiger partial charge is 0.273 e. The molecule has 0 bridgehead atoms. The van der Waals surface area contributed by atoms with Gasteiger partial charge >= 0.3 is 0 Å². The molecule has 16 heavy (non-hydrogen) atoms. The number of hydrogen-bond acceptors (Lipinski definition) is 5. The molecule has 1 amide bonds. The van der Waals surface area contributed by atoms with Crippen LogP contribution in [0.15, 0.2) is 17.0 Å². The number of nitro groups is 1. The summed E-state index contributed by atoms with van der Waals surface area (Å²) in [4.78, 5) is 21.1. The van der Waals surface area contributed by atoms with E-state index < -0.39 is 20.9 Å². The van der Waals surface area contributed by atoms with Gasteiger partial charge in [0.15, 0.2) is 0 Å². The van der Waals surface area contributed by atoms with E-state index in [0.717, 1.165) is 12.1 Å². The highest BCUT2D eigenvalue weighted by molar-refractivity contribution is 7.90. The summed E-state index contributed by atoms with van der Waals surface area (Å²) >= 11 is 0. The maximum absolute atomic E-state index is 11.4. The minimum Gasteiger partial charge on any atom is -0.268 e. The molecule has 1 aliphatic rings. The Bertz CT molecular complexity index is 620. The molecule has 8 heteroatoms. The van der Waals surface area contributed by atoms with Crippen LogP contribution in [0.25, 0.3) is 0 Å². The van der Waals surface area contributed by atoms with Gasteiger partial charge in [-0.05, 0) is 13.0 Å². The molecular weight excluding hydrogens is 236 g/mol. The summed E-state index contributed by atoms with van der Waals surface area (Å²) in [5, 5.41) is 10.6. The normalized spacial score (nSPS) is 16.7. The lowest BCUT2D eigenvalue weighted by Crippen LogP contribution is -2.21. The second kappa shape index (κ2) is 3.01. The van der Waals surface area contributed by atoms with Crippen LogP contribution >= 0.6 is 0 Å². The number of rotatable bonds is 1. The Morgan fingerprint density at radius 1 is 1.38 bits per heavy atom. The molecule has 0 saturated heterocycles. The molecule has 84 valence electrons. The van der Waals surface area contributed by atoms with E-state index in [2.05, 4.69) is 0 Å². The van der Waals surface area contributed by atoms with E-state index in [1.165, 1.54) is 6.92 Å². The fraction of sp³-hybridized carbons (Fsp3) is 0.125. The number of nitrogens with zero attached hydrogens (tertiary/aromatic N) is 1. The summed E-state index contributed by atoms with van der Waals surface area (Å²) in [5.74, 6) is -0.823. The topological polar surface area (TPSA) is 106 Å². The van der Waals surface area contributed by atoms with Crippen LogP contribution in [-0.2, 0) is 10.0 Å². The number of nitro benzene ring substituents is 1. The molecule has 1 aromatic carbocycles. The maximum Gasteiger partial charge on any atom is 0.273 e. The second-order valence-electron chi connectivity index (χ2n) is 3.27. The van der Waals surface area contributed by atoms with Crippen molar-refractivity contribution in [1.82, 2.24) is 4.72 Å². The Morgan fingerprint density at radius 3 is 2.56 bits per heavy atom. The first-order chi connectivity index (χ1) is 7.34. The van der Waals surface area contributed by atoms with Crippen molar-refractivity contribution in [1.29, 1.82) is 0 Å². The highest BCUT2D eigenvalue weighted by Gasteiger charge is 2.36. The molecule has 2 rings (SSSR count). The molecule has 1 aliphatic heterocycles. The molecular formula is C8H6N2O5S. The lowest BCUT2D eigenvalue weighted by atomic mass is 10.1. The molecule has 1 aromatic rings. The van der Waals surface area contributed by atoms with Gasteiger partial charge in [0.1, 0.15) is 4.90 Å². The first kappa shape index (κ1) is 10.6. The third kappa shape index (κ3) is 1.27. The van der Waals surface area contributed by atoms with Gasteiger partial charge in [-0.15, -0.1) is 0 Å². The standard InChI is InChI=1S/C8H6N2O5S/c1-4-5(10(12)13)2-3-6-7(4)8(11)9-16(6,14)15/h2-3H,1H3,(H,9,11). The Hall–Kier alpha value is -1.96. The fourth-order valence-corrected chi connectivity index (χ4v) is 2.83. The van der Waals surface area contributed by atoms with E-state index in [1.54, 1.807) is 4.72 Å². The summed E-state index contributed by atoms with van der Waals surface area (Å²) in [5.41, 5.74) is -0.360. The number of benzene rings is 1. The number of amides is 1. The Balaban J connectivity index is 2.83. The SMILES string of the molecule is Cc1c([N+](=O)[O-])ccc2c1C(=O)NS2(=O)=O. The summed E-state index contributed by atoms with van der Waals surface area (Å²) in [6.45, 7) is 1.34. The zero-order valence-electron chi connectivity index (χ0n) is 8.05. The van der Waals surface area contributed by atoms with Gasteiger partial charge in [0.05, 0.1) is 10.5 Å². The number of nitrogens with one attached hydrogen (secondary N) is 1. The van der Waals surface area contributed by atoms with Gasteiger partial charge in [0.25, 0.3) is 21.6 Å². The third-order valence-corrected chi connectivity index (χ3v) is 3.71. The predicted octanol–water partition coefficient (Wildman–Crippen LogP) is 0.335. The van der Waals surface area contributed by atoms with Crippen LogP contribution in [0.2, 0.25) is 0 Å². The van der Waals surface area contributed by atoms with Gasteiger partial charge < -0.3 is 0 Å². The van der Waals surface area contributed by atoms with Crippen LogP contribution in [0.5, 0.6) is 0 Å². The Morgan fingerprint density at radius 2 is 2.00 bits per heavy atom. The van der Waals surface area contributed by atoms with Crippen molar-refractivity contribution in [2.75, 3.05) is 0 Å². The molecule has 0 aromatic heterocycles. The molecule has 0 spiro atoms. The number of carbonyl (C=O) groups is 1. The summed E-state index contributed by atoms with van der Waals surface area (Å²) < 4.78 is 24.6. The molecule has 1 heterocycles. The first-order valence-corrected chi connectivity index (χ1v) is 5.68. The van der Waals surface area contributed by atoms with E-state index in [4.69, 9.17) is 0 Å². The van der Waals surface area contributed by atoms with Gasteiger partial charge in [0, 0.05) is 11.6 Å². The fourth-order valence-electron chi connectivity index (χ4n) is 1.61. The molecule has 0 saturated carbocycles. The van der Waals surface area contributed by atoms with Crippen molar-refractivity contribution in [3.63, 3.8) is 0 Å². The second-order valence-corrected chi connectivity index (χ2v) is 4.93. The Kier molecular flexibility index (Phi) is 1.99. The molecule has 7 nitrogen and oxygen atoms in total. The van der Waals surface area contributed by atoms with Crippen LogP contribution in [-0.4, -0.2) is 19.2 Å². The van der Waals surface area contributed by atoms with E-state index in [0.29, 0.717) is 0 Å². The average Bonchev–Trinajstić information content (AvgIpc) is 2.37. The zero-order chi connectivity index (χ0) is 12.1. The van der Waals surface area contributed by atoms with Gasteiger partial charge in [-0.3, -0.25) is 14.9 Å². The van der Waals surface area contributed by atoms with Crippen molar-refractivity contribution in [2.24, 2.45) is 0 Å². The number of carbonyl (C=O) groups excluding carboxylic acids is 1. The molecule has 1 N–H and O–H groups in total. The quantitative estimate of drug-likeness (QED) is 0.564. The Labute approximate surface area is 90.3 Å². The monoisotopic (exact) mass is 242 g/mol. The molecule has 0 radical (unpaired) electrons. The zero-order valence-corrected chi connectivity index (χ0v) is 8.87. The first-order valence-electron chi connectivity index (χ1n) is 4.20. The van der Waals surface area contributed by atoms with Crippen molar-refractivity contribution in [3.05, 3.63) is 33.4 Å². The molecule has 0 fully saturated rings. The maximum atomic E-state index is 11.4. The third-order valence-electron chi connectivity index (χ3n) is 2.34. The van der Waals surface area contributed by atoms with E-state index >= 15 is 0 Å². The number of sulfonamides is 1. The van der Waals surface area contributed by atoms with Gasteiger partial charge in [-0.25, -0.2) is 13.1 Å². The van der Waals surface area contributed by atoms with Crippen LogP contribution in [0.4, 0.5) is 5.69 Å². The molecule has 0 unspecified atom stereocenters.